The number of fused-ring (bicyclic) bond motifs is 1. The average Bonchev–Trinajstić information content (AvgIpc) is 2.82. The van der Waals surface area contributed by atoms with Crippen molar-refractivity contribution in [1.29, 1.82) is 0 Å². The number of allylic oxidation sites excluding steroid dienone is 1. The van der Waals surface area contributed by atoms with Crippen molar-refractivity contribution in [2.45, 2.75) is 32.0 Å². The van der Waals surface area contributed by atoms with Gasteiger partial charge in [-0.2, -0.15) is 0 Å². The van der Waals surface area contributed by atoms with Gasteiger partial charge in [-0.15, -0.1) is 19.8 Å². The fourth-order valence-corrected chi connectivity index (χ4v) is 4.05. The van der Waals surface area contributed by atoms with Crippen LogP contribution in [0.3, 0.4) is 0 Å². The fraction of sp³-hybridized carbons (Fsp3) is 0.172. The van der Waals surface area contributed by atoms with E-state index < -0.39 is 6.36 Å². The van der Waals surface area contributed by atoms with Crippen LogP contribution in [0.4, 0.5) is 22.0 Å². The molecule has 0 saturated carbocycles. The zero-order valence-electron chi connectivity index (χ0n) is 18.8. The molecule has 0 aliphatic heterocycles. The summed E-state index contributed by atoms with van der Waals surface area (Å²) in [4.78, 5) is 0. The monoisotopic (exact) mass is 482 g/mol. The Hall–Kier alpha value is -3.67. The molecule has 0 radical (unpaired) electrons. The second-order valence-corrected chi connectivity index (χ2v) is 8.31. The van der Waals surface area contributed by atoms with E-state index in [1.165, 1.54) is 30.3 Å². The molecule has 0 bridgehead atoms. The lowest BCUT2D eigenvalue weighted by Gasteiger charge is -2.11. The normalized spacial score (nSPS) is 11.6. The lowest BCUT2D eigenvalue weighted by molar-refractivity contribution is -0.274. The molecule has 0 N–H and O–H groups in total. The smallest absolute Gasteiger partial charge is 0.406 e. The van der Waals surface area contributed by atoms with E-state index in [2.05, 4.69) is 11.3 Å². The Morgan fingerprint density at radius 2 is 1.51 bits per heavy atom. The molecule has 4 aromatic carbocycles. The molecule has 35 heavy (non-hydrogen) atoms. The molecular formula is C29H23F5O. The van der Waals surface area contributed by atoms with Crippen LogP contribution in [0.2, 0.25) is 0 Å². The molecule has 0 atom stereocenters. The zero-order chi connectivity index (χ0) is 25.0. The lowest BCUT2D eigenvalue weighted by Crippen LogP contribution is -2.17. The van der Waals surface area contributed by atoms with Gasteiger partial charge in [-0.3, -0.25) is 0 Å². The highest BCUT2D eigenvalue weighted by atomic mass is 19.4. The van der Waals surface area contributed by atoms with Crippen LogP contribution < -0.4 is 4.74 Å². The van der Waals surface area contributed by atoms with Crippen LogP contribution >= 0.6 is 0 Å². The maximum absolute atomic E-state index is 15.2. The van der Waals surface area contributed by atoms with E-state index in [0.717, 1.165) is 24.0 Å². The molecule has 180 valence electrons. The Morgan fingerprint density at radius 1 is 0.771 bits per heavy atom. The number of hydrogen-bond donors (Lipinski definition) is 0. The molecule has 0 saturated heterocycles. The van der Waals surface area contributed by atoms with Crippen molar-refractivity contribution >= 4 is 10.8 Å². The molecule has 0 aromatic heterocycles. The summed E-state index contributed by atoms with van der Waals surface area (Å²) in [6.07, 6.45) is -0.622. The number of halogens is 5. The highest BCUT2D eigenvalue weighted by Gasteiger charge is 2.30. The Morgan fingerprint density at radius 3 is 2.20 bits per heavy atom. The first-order valence-electron chi connectivity index (χ1n) is 11.2. The standard InChI is InChI=1S/C29H23F5O/c1-2-3-4-20-8-15-25(27(30)17-20)22-12-16-26-23(18-22)11-10-21(28(26)31)9-5-19-6-13-24(14-7-19)35-29(32,33)34/h2,6-8,10-18H,1,3-5,9H2. The largest absolute Gasteiger partial charge is 0.573 e. The lowest BCUT2D eigenvalue weighted by atomic mass is 9.96. The number of hydrogen-bond acceptors (Lipinski definition) is 1. The summed E-state index contributed by atoms with van der Waals surface area (Å²) in [5, 5.41) is 1.09. The Kier molecular flexibility index (Phi) is 7.20. The van der Waals surface area contributed by atoms with Crippen molar-refractivity contribution in [3.8, 4) is 16.9 Å². The second-order valence-electron chi connectivity index (χ2n) is 8.31. The third-order valence-corrected chi connectivity index (χ3v) is 5.86. The van der Waals surface area contributed by atoms with Crippen molar-refractivity contribution in [3.05, 3.63) is 114 Å². The first-order chi connectivity index (χ1) is 16.7. The molecule has 4 rings (SSSR count). The SMILES string of the molecule is C=CCCc1ccc(-c2ccc3c(F)c(CCc4ccc(OC(F)(F)F)cc4)ccc3c2)c(F)c1. The summed E-state index contributed by atoms with van der Waals surface area (Å²) < 4.78 is 70.6. The minimum atomic E-state index is -4.74. The van der Waals surface area contributed by atoms with Crippen molar-refractivity contribution in [1.82, 2.24) is 0 Å². The predicted octanol–water partition coefficient (Wildman–Crippen LogP) is 8.59. The minimum Gasteiger partial charge on any atom is -0.406 e. The molecule has 0 unspecified atom stereocenters. The number of rotatable bonds is 8. The second kappa shape index (κ2) is 10.3. The van der Waals surface area contributed by atoms with Crippen molar-refractivity contribution in [2.24, 2.45) is 0 Å². The van der Waals surface area contributed by atoms with Gasteiger partial charge in [0.25, 0.3) is 0 Å². The van der Waals surface area contributed by atoms with Crippen LogP contribution in [-0.4, -0.2) is 6.36 Å². The van der Waals surface area contributed by atoms with E-state index in [-0.39, 0.29) is 17.4 Å². The first-order valence-corrected chi connectivity index (χ1v) is 11.2. The van der Waals surface area contributed by atoms with E-state index in [4.69, 9.17) is 0 Å². The van der Waals surface area contributed by atoms with Crippen LogP contribution in [0, 0.1) is 11.6 Å². The van der Waals surface area contributed by atoms with Crippen molar-refractivity contribution in [3.63, 3.8) is 0 Å². The van der Waals surface area contributed by atoms with E-state index >= 15 is 4.39 Å². The van der Waals surface area contributed by atoms with Gasteiger partial charge in [0.05, 0.1) is 0 Å². The van der Waals surface area contributed by atoms with E-state index in [0.29, 0.717) is 40.3 Å². The molecule has 0 heterocycles. The summed E-state index contributed by atoms with van der Waals surface area (Å²) in [5.41, 5.74) is 3.28. The van der Waals surface area contributed by atoms with E-state index in [1.807, 2.05) is 6.07 Å². The molecule has 0 amide bonds. The minimum absolute atomic E-state index is 0.295. The molecular weight excluding hydrogens is 459 g/mol. The first kappa shape index (κ1) is 24.5. The quantitative estimate of drug-likeness (QED) is 0.181. The van der Waals surface area contributed by atoms with Gasteiger partial charge < -0.3 is 4.74 Å². The highest BCUT2D eigenvalue weighted by Crippen LogP contribution is 2.30. The van der Waals surface area contributed by atoms with Crippen LogP contribution in [0.5, 0.6) is 5.75 Å². The zero-order valence-corrected chi connectivity index (χ0v) is 18.8. The van der Waals surface area contributed by atoms with Crippen LogP contribution in [-0.2, 0) is 19.3 Å². The maximum Gasteiger partial charge on any atom is 0.573 e. The Bertz CT molecular complexity index is 1340. The Labute approximate surface area is 200 Å². The van der Waals surface area contributed by atoms with Gasteiger partial charge in [0.1, 0.15) is 17.4 Å². The van der Waals surface area contributed by atoms with Gasteiger partial charge in [0.15, 0.2) is 0 Å². The summed E-state index contributed by atoms with van der Waals surface area (Å²) in [7, 11) is 0. The number of alkyl halides is 3. The Balaban J connectivity index is 1.50. The van der Waals surface area contributed by atoms with Crippen molar-refractivity contribution < 1.29 is 26.7 Å². The highest BCUT2D eigenvalue weighted by molar-refractivity contribution is 5.88. The molecule has 0 aliphatic rings. The van der Waals surface area contributed by atoms with Gasteiger partial charge in [-0.05, 0) is 77.6 Å². The van der Waals surface area contributed by atoms with Crippen LogP contribution in [0.1, 0.15) is 23.1 Å². The van der Waals surface area contributed by atoms with E-state index in [1.54, 1.807) is 42.5 Å². The summed E-state index contributed by atoms with van der Waals surface area (Å²) in [6.45, 7) is 3.68. The van der Waals surface area contributed by atoms with Gasteiger partial charge in [-0.25, -0.2) is 8.78 Å². The molecule has 6 heteroatoms. The van der Waals surface area contributed by atoms with Gasteiger partial charge in [-0.1, -0.05) is 54.6 Å². The predicted molar refractivity (Wildman–Crippen MR) is 128 cm³/mol. The summed E-state index contributed by atoms with van der Waals surface area (Å²) in [6, 6.07) is 19.3. The van der Waals surface area contributed by atoms with Gasteiger partial charge in [0.2, 0.25) is 0 Å². The average molecular weight is 482 g/mol. The van der Waals surface area contributed by atoms with Gasteiger partial charge >= 0.3 is 6.36 Å². The number of benzene rings is 4. The third-order valence-electron chi connectivity index (χ3n) is 5.86. The molecule has 0 aliphatic carbocycles. The van der Waals surface area contributed by atoms with Crippen LogP contribution in [0.25, 0.3) is 21.9 Å². The molecule has 1 nitrogen and oxygen atoms in total. The fourth-order valence-electron chi connectivity index (χ4n) is 4.05. The molecule has 0 fully saturated rings. The summed E-state index contributed by atoms with van der Waals surface area (Å²) in [5.74, 6) is -0.974. The number of aryl methyl sites for hydroxylation is 3. The number of ether oxygens (including phenoxy) is 1. The summed E-state index contributed by atoms with van der Waals surface area (Å²) >= 11 is 0. The van der Waals surface area contributed by atoms with Crippen LogP contribution in [0.15, 0.2) is 85.5 Å². The maximum atomic E-state index is 15.2. The topological polar surface area (TPSA) is 9.23 Å². The molecule has 0 spiro atoms. The molecule has 4 aromatic rings. The van der Waals surface area contributed by atoms with Gasteiger partial charge in [0, 0.05) is 10.9 Å². The van der Waals surface area contributed by atoms with E-state index in [9.17, 15) is 17.6 Å². The third kappa shape index (κ3) is 6.07. The van der Waals surface area contributed by atoms with Crippen molar-refractivity contribution in [2.75, 3.05) is 0 Å².